The van der Waals surface area contributed by atoms with Crippen molar-refractivity contribution >= 4 is 0 Å². The highest BCUT2D eigenvalue weighted by atomic mass is 16.3. The Hall–Kier alpha value is -0.0400. The molecule has 0 aliphatic carbocycles. The number of unbranched alkanes of at least 4 members (excludes halogenated alkanes) is 4. The van der Waals surface area contributed by atoms with Gasteiger partial charge in [-0.2, -0.15) is 0 Å². The molecule has 0 atom stereocenters. The lowest BCUT2D eigenvalue weighted by Gasteiger charge is -2.37. The van der Waals surface area contributed by atoms with Crippen LogP contribution in [0.5, 0.6) is 0 Å². The monoisotopic (exact) mass is 200 g/mol. The normalized spacial score (nSPS) is 13.3. The minimum atomic E-state index is -0.558. The van der Waals surface area contributed by atoms with Crippen molar-refractivity contribution < 1.29 is 5.11 Å². The molecule has 0 saturated carbocycles. The highest BCUT2D eigenvalue weighted by Crippen LogP contribution is 2.35. The molecule has 0 aromatic carbocycles. The molecule has 0 saturated heterocycles. The maximum atomic E-state index is 9.95. The van der Waals surface area contributed by atoms with Crippen molar-refractivity contribution in [2.24, 2.45) is 5.41 Å². The summed E-state index contributed by atoms with van der Waals surface area (Å²) in [7, 11) is 0. The van der Waals surface area contributed by atoms with Crippen LogP contribution in [-0.2, 0) is 0 Å². The molecule has 0 bridgehead atoms. The van der Waals surface area contributed by atoms with Gasteiger partial charge in [0.2, 0.25) is 0 Å². The van der Waals surface area contributed by atoms with Crippen LogP contribution < -0.4 is 0 Å². The zero-order valence-corrected chi connectivity index (χ0v) is 10.7. The summed E-state index contributed by atoms with van der Waals surface area (Å²) in [6.07, 6.45) is 7.68. The largest absolute Gasteiger partial charge is 0.390 e. The van der Waals surface area contributed by atoms with Crippen molar-refractivity contribution in [1.29, 1.82) is 0 Å². The first-order valence-electron chi connectivity index (χ1n) is 6.03. The van der Waals surface area contributed by atoms with Gasteiger partial charge in [-0.3, -0.25) is 0 Å². The van der Waals surface area contributed by atoms with Crippen LogP contribution in [0.2, 0.25) is 0 Å². The lowest BCUT2D eigenvalue weighted by Crippen LogP contribution is -2.38. The molecule has 0 radical (unpaired) electrons. The fourth-order valence-electron chi connectivity index (χ4n) is 1.48. The van der Waals surface area contributed by atoms with Gasteiger partial charge in [-0.1, -0.05) is 52.9 Å². The topological polar surface area (TPSA) is 20.2 Å². The van der Waals surface area contributed by atoms with Crippen LogP contribution in [0.25, 0.3) is 0 Å². The fraction of sp³-hybridized carbons (Fsp3) is 1.00. The van der Waals surface area contributed by atoms with E-state index in [0.717, 1.165) is 6.42 Å². The number of aliphatic hydroxyl groups is 1. The molecule has 0 unspecified atom stereocenters. The maximum absolute atomic E-state index is 9.95. The molecule has 1 heteroatoms. The van der Waals surface area contributed by atoms with Crippen molar-refractivity contribution in [2.75, 3.05) is 0 Å². The van der Waals surface area contributed by atoms with Gasteiger partial charge in [0.05, 0.1) is 5.60 Å². The average Bonchev–Trinajstić information content (AvgIpc) is 2.02. The molecule has 0 aliphatic heterocycles. The number of hydrogen-bond acceptors (Lipinski definition) is 1. The van der Waals surface area contributed by atoms with E-state index in [4.69, 9.17) is 0 Å². The number of rotatable bonds is 7. The predicted molar refractivity (Wildman–Crippen MR) is 63.5 cm³/mol. The molecule has 0 spiro atoms. The first kappa shape index (κ1) is 14.0. The Morgan fingerprint density at radius 2 is 1.36 bits per heavy atom. The van der Waals surface area contributed by atoms with Crippen molar-refractivity contribution in [3.05, 3.63) is 0 Å². The fourth-order valence-corrected chi connectivity index (χ4v) is 1.48. The minimum Gasteiger partial charge on any atom is -0.390 e. The van der Waals surface area contributed by atoms with E-state index in [-0.39, 0.29) is 5.41 Å². The molecular weight excluding hydrogens is 172 g/mol. The summed E-state index contributed by atoms with van der Waals surface area (Å²) >= 11 is 0. The Balaban J connectivity index is 3.67. The third-order valence-electron chi connectivity index (χ3n) is 3.56. The molecule has 0 fully saturated rings. The molecule has 14 heavy (non-hydrogen) atoms. The van der Waals surface area contributed by atoms with Gasteiger partial charge in [0.25, 0.3) is 0 Å². The molecule has 86 valence electrons. The molecule has 0 heterocycles. The van der Waals surface area contributed by atoms with Gasteiger partial charge in [0.15, 0.2) is 0 Å². The summed E-state index contributed by atoms with van der Waals surface area (Å²) in [4.78, 5) is 0. The smallest absolute Gasteiger partial charge is 0.0642 e. The van der Waals surface area contributed by atoms with Gasteiger partial charge < -0.3 is 5.11 Å². The molecule has 0 aliphatic rings. The summed E-state index contributed by atoms with van der Waals surface area (Å²) in [5.74, 6) is 0. The van der Waals surface area contributed by atoms with E-state index in [2.05, 4.69) is 20.8 Å². The Kier molecular flexibility index (Phi) is 5.73. The van der Waals surface area contributed by atoms with Crippen LogP contribution >= 0.6 is 0 Å². The van der Waals surface area contributed by atoms with Gasteiger partial charge in [0, 0.05) is 0 Å². The van der Waals surface area contributed by atoms with Gasteiger partial charge in [-0.15, -0.1) is 0 Å². The first-order valence-corrected chi connectivity index (χ1v) is 6.03. The summed E-state index contributed by atoms with van der Waals surface area (Å²) in [5, 5.41) is 9.95. The van der Waals surface area contributed by atoms with Crippen LogP contribution in [-0.4, -0.2) is 10.7 Å². The Bertz CT molecular complexity index is 142. The summed E-state index contributed by atoms with van der Waals surface area (Å²) in [5.41, 5.74) is -0.517. The van der Waals surface area contributed by atoms with Crippen molar-refractivity contribution in [3.63, 3.8) is 0 Å². The third-order valence-corrected chi connectivity index (χ3v) is 3.56. The van der Waals surface area contributed by atoms with Gasteiger partial charge >= 0.3 is 0 Å². The van der Waals surface area contributed by atoms with Gasteiger partial charge in [0.1, 0.15) is 0 Å². The predicted octanol–water partition coefficient (Wildman–Crippen LogP) is 4.14. The standard InChI is InChI=1S/C13H28O/c1-6-7-8-9-10-11-12(2,3)13(4,5)14/h14H,6-11H2,1-5H3. The zero-order valence-electron chi connectivity index (χ0n) is 10.7. The lowest BCUT2D eigenvalue weighted by atomic mass is 9.73. The SMILES string of the molecule is CCCCCCCC(C)(C)C(C)(C)O. The summed E-state index contributed by atoms with van der Waals surface area (Å²) < 4.78 is 0. The van der Waals surface area contributed by atoms with E-state index in [1.807, 2.05) is 13.8 Å². The highest BCUT2D eigenvalue weighted by Gasteiger charge is 2.33. The Labute approximate surface area is 89.9 Å². The molecule has 0 rings (SSSR count). The highest BCUT2D eigenvalue weighted by molar-refractivity contribution is 4.85. The van der Waals surface area contributed by atoms with E-state index in [9.17, 15) is 5.11 Å². The molecule has 0 aromatic rings. The zero-order chi connectivity index (χ0) is 11.2. The first-order chi connectivity index (χ1) is 6.31. The molecular formula is C13H28O. The minimum absolute atomic E-state index is 0.0409. The van der Waals surface area contributed by atoms with E-state index in [1.54, 1.807) is 0 Å². The van der Waals surface area contributed by atoms with Crippen LogP contribution in [0.4, 0.5) is 0 Å². The molecule has 1 N–H and O–H groups in total. The van der Waals surface area contributed by atoms with Crippen LogP contribution in [0.3, 0.4) is 0 Å². The second-order valence-corrected chi connectivity index (χ2v) is 5.61. The van der Waals surface area contributed by atoms with E-state index in [1.165, 1.54) is 32.1 Å². The maximum Gasteiger partial charge on any atom is 0.0642 e. The molecule has 0 amide bonds. The molecule has 1 nitrogen and oxygen atoms in total. The van der Waals surface area contributed by atoms with E-state index in [0.29, 0.717) is 0 Å². The second kappa shape index (κ2) is 5.75. The van der Waals surface area contributed by atoms with Crippen molar-refractivity contribution in [3.8, 4) is 0 Å². The summed E-state index contributed by atoms with van der Waals surface area (Å²) in [6, 6.07) is 0. The van der Waals surface area contributed by atoms with Gasteiger partial charge in [-0.25, -0.2) is 0 Å². The van der Waals surface area contributed by atoms with Crippen molar-refractivity contribution in [1.82, 2.24) is 0 Å². The Morgan fingerprint density at radius 3 is 1.79 bits per heavy atom. The lowest BCUT2D eigenvalue weighted by molar-refractivity contribution is -0.0405. The average molecular weight is 200 g/mol. The number of hydrogen-bond donors (Lipinski definition) is 1. The van der Waals surface area contributed by atoms with Crippen LogP contribution in [0, 0.1) is 5.41 Å². The quantitative estimate of drug-likeness (QED) is 0.612. The van der Waals surface area contributed by atoms with Crippen molar-refractivity contribution in [2.45, 2.75) is 78.7 Å². The van der Waals surface area contributed by atoms with E-state index >= 15 is 0 Å². The van der Waals surface area contributed by atoms with Gasteiger partial charge in [-0.05, 0) is 25.7 Å². The summed E-state index contributed by atoms with van der Waals surface area (Å²) in [6.45, 7) is 10.4. The third kappa shape index (κ3) is 4.99. The van der Waals surface area contributed by atoms with Crippen LogP contribution in [0.1, 0.15) is 73.1 Å². The molecule has 0 aromatic heterocycles. The van der Waals surface area contributed by atoms with Crippen LogP contribution in [0.15, 0.2) is 0 Å². The second-order valence-electron chi connectivity index (χ2n) is 5.61. The Morgan fingerprint density at radius 1 is 0.857 bits per heavy atom. The van der Waals surface area contributed by atoms with E-state index < -0.39 is 5.60 Å².